The maximum Gasteiger partial charge on any atom is 0.140 e. The van der Waals surface area contributed by atoms with E-state index in [1.807, 2.05) is 0 Å². The van der Waals surface area contributed by atoms with Crippen LogP contribution < -0.4 is 0 Å². The molecule has 124 valence electrons. The maximum absolute atomic E-state index is 11.8. The average Bonchev–Trinajstić information content (AvgIpc) is 2.56. The first-order valence-corrected chi connectivity index (χ1v) is 8.86. The SMILES string of the molecule is O=C1CC(=O)CC2(CCN(Cc3cccc4ccccc34)CC2)C1. The first kappa shape index (κ1) is 15.5. The van der Waals surface area contributed by atoms with Crippen LogP contribution in [0.4, 0.5) is 0 Å². The number of piperidine rings is 1. The molecular formula is C21H23NO2. The summed E-state index contributed by atoms with van der Waals surface area (Å²) in [7, 11) is 0. The second kappa shape index (κ2) is 6.14. The zero-order chi connectivity index (χ0) is 16.6. The second-order valence-corrected chi connectivity index (χ2v) is 7.52. The summed E-state index contributed by atoms with van der Waals surface area (Å²) < 4.78 is 0. The Balaban J connectivity index is 1.46. The fourth-order valence-electron chi connectivity index (χ4n) is 4.45. The highest BCUT2D eigenvalue weighted by molar-refractivity contribution is 6.02. The van der Waals surface area contributed by atoms with Crippen molar-refractivity contribution in [2.24, 2.45) is 5.41 Å². The Hall–Kier alpha value is -2.00. The monoisotopic (exact) mass is 321 g/mol. The number of Topliss-reactive ketones (excluding diaryl/α,β-unsaturated/α-hetero) is 2. The Morgan fingerprint density at radius 1 is 0.875 bits per heavy atom. The number of ketones is 2. The lowest BCUT2D eigenvalue weighted by molar-refractivity contribution is -0.135. The molecule has 2 aromatic carbocycles. The molecule has 1 saturated carbocycles. The van der Waals surface area contributed by atoms with E-state index in [1.165, 1.54) is 16.3 Å². The minimum absolute atomic E-state index is 0.0400. The van der Waals surface area contributed by atoms with E-state index >= 15 is 0 Å². The summed E-state index contributed by atoms with van der Waals surface area (Å²) >= 11 is 0. The number of hydrogen-bond donors (Lipinski definition) is 0. The van der Waals surface area contributed by atoms with E-state index in [4.69, 9.17) is 0 Å². The highest BCUT2D eigenvalue weighted by atomic mass is 16.1. The zero-order valence-corrected chi connectivity index (χ0v) is 14.0. The molecule has 0 atom stereocenters. The van der Waals surface area contributed by atoms with E-state index < -0.39 is 0 Å². The van der Waals surface area contributed by atoms with Gasteiger partial charge in [-0.2, -0.15) is 0 Å². The van der Waals surface area contributed by atoms with E-state index in [1.54, 1.807) is 0 Å². The first-order valence-electron chi connectivity index (χ1n) is 8.86. The highest BCUT2D eigenvalue weighted by Gasteiger charge is 2.41. The zero-order valence-electron chi connectivity index (χ0n) is 14.0. The van der Waals surface area contributed by atoms with E-state index in [-0.39, 0.29) is 23.4 Å². The molecule has 0 bridgehead atoms. The molecule has 1 aliphatic carbocycles. The first-order chi connectivity index (χ1) is 11.6. The molecule has 0 unspecified atom stereocenters. The van der Waals surface area contributed by atoms with Crippen LogP contribution in [0.2, 0.25) is 0 Å². The van der Waals surface area contributed by atoms with Crippen molar-refractivity contribution in [1.82, 2.24) is 4.90 Å². The molecule has 24 heavy (non-hydrogen) atoms. The van der Waals surface area contributed by atoms with E-state index in [9.17, 15) is 9.59 Å². The minimum Gasteiger partial charge on any atom is -0.299 e. The average molecular weight is 321 g/mol. The van der Waals surface area contributed by atoms with Crippen LogP contribution >= 0.6 is 0 Å². The third-order valence-electron chi connectivity index (χ3n) is 5.73. The number of carbonyl (C=O) groups is 2. The summed E-state index contributed by atoms with van der Waals surface area (Å²) in [5, 5.41) is 2.61. The third-order valence-corrected chi connectivity index (χ3v) is 5.73. The highest BCUT2D eigenvalue weighted by Crippen LogP contribution is 2.42. The largest absolute Gasteiger partial charge is 0.299 e. The molecule has 4 rings (SSSR count). The molecule has 2 aliphatic rings. The van der Waals surface area contributed by atoms with Crippen LogP contribution in [0.1, 0.15) is 37.7 Å². The van der Waals surface area contributed by atoms with Crippen LogP contribution in [-0.4, -0.2) is 29.6 Å². The number of carbonyl (C=O) groups excluding carboxylic acids is 2. The van der Waals surface area contributed by atoms with Gasteiger partial charge < -0.3 is 0 Å². The van der Waals surface area contributed by atoms with Gasteiger partial charge in [0.2, 0.25) is 0 Å². The van der Waals surface area contributed by atoms with Crippen LogP contribution in [0.15, 0.2) is 42.5 Å². The fourth-order valence-corrected chi connectivity index (χ4v) is 4.45. The van der Waals surface area contributed by atoms with E-state index in [0.29, 0.717) is 12.8 Å². The van der Waals surface area contributed by atoms with Crippen molar-refractivity contribution < 1.29 is 9.59 Å². The number of fused-ring (bicyclic) bond motifs is 1. The Bertz CT molecular complexity index is 764. The van der Waals surface area contributed by atoms with Crippen LogP contribution in [0.3, 0.4) is 0 Å². The molecular weight excluding hydrogens is 298 g/mol. The van der Waals surface area contributed by atoms with Gasteiger partial charge in [0, 0.05) is 19.4 Å². The van der Waals surface area contributed by atoms with Crippen molar-refractivity contribution in [3.63, 3.8) is 0 Å². The van der Waals surface area contributed by atoms with Crippen molar-refractivity contribution in [2.75, 3.05) is 13.1 Å². The van der Waals surface area contributed by atoms with Crippen molar-refractivity contribution in [1.29, 1.82) is 0 Å². The summed E-state index contributed by atoms with van der Waals surface area (Å²) in [5.41, 5.74) is 1.32. The van der Waals surface area contributed by atoms with Gasteiger partial charge in [-0.3, -0.25) is 14.5 Å². The Morgan fingerprint density at radius 2 is 1.54 bits per heavy atom. The smallest absolute Gasteiger partial charge is 0.140 e. The standard InChI is InChI=1S/C21H23NO2/c23-18-12-19(24)14-21(13-18)8-10-22(11-9-21)15-17-6-3-5-16-4-1-2-7-20(16)17/h1-7H,8-15H2. The molecule has 1 heterocycles. The minimum atomic E-state index is -0.0400. The molecule has 0 amide bonds. The van der Waals surface area contributed by atoms with Gasteiger partial charge in [0.15, 0.2) is 0 Å². The van der Waals surface area contributed by atoms with Gasteiger partial charge in [0.05, 0.1) is 6.42 Å². The number of nitrogens with zero attached hydrogens (tertiary/aromatic N) is 1. The van der Waals surface area contributed by atoms with Gasteiger partial charge >= 0.3 is 0 Å². The van der Waals surface area contributed by atoms with Crippen molar-refractivity contribution in [2.45, 2.75) is 38.6 Å². The summed E-state index contributed by atoms with van der Waals surface area (Å²) in [6.07, 6.45) is 3.33. The molecule has 3 nitrogen and oxygen atoms in total. The number of rotatable bonds is 2. The lowest BCUT2D eigenvalue weighted by Gasteiger charge is -2.43. The summed E-state index contributed by atoms with van der Waals surface area (Å²) in [6.45, 7) is 2.90. The number of likely N-dealkylation sites (tertiary alicyclic amines) is 1. The molecule has 1 saturated heterocycles. The van der Waals surface area contributed by atoms with Crippen molar-refractivity contribution in [3.05, 3.63) is 48.0 Å². The number of benzene rings is 2. The molecule has 1 spiro atoms. The lowest BCUT2D eigenvalue weighted by atomic mass is 9.67. The van der Waals surface area contributed by atoms with Crippen LogP contribution in [0.5, 0.6) is 0 Å². The van der Waals surface area contributed by atoms with Crippen LogP contribution in [0, 0.1) is 5.41 Å². The van der Waals surface area contributed by atoms with Gasteiger partial charge in [-0.15, -0.1) is 0 Å². The van der Waals surface area contributed by atoms with E-state index in [0.717, 1.165) is 32.5 Å². The van der Waals surface area contributed by atoms with Crippen molar-refractivity contribution >= 4 is 22.3 Å². The van der Waals surface area contributed by atoms with Gasteiger partial charge in [-0.05, 0) is 47.7 Å². The van der Waals surface area contributed by atoms with Crippen LogP contribution in [0.25, 0.3) is 10.8 Å². The molecule has 2 aromatic rings. The fraction of sp³-hybridized carbons (Fsp3) is 0.429. The third kappa shape index (κ3) is 3.01. The molecule has 2 fully saturated rings. The molecule has 0 aromatic heterocycles. The number of hydrogen-bond acceptors (Lipinski definition) is 3. The maximum atomic E-state index is 11.8. The summed E-state index contributed by atoms with van der Waals surface area (Å²) in [6, 6.07) is 15.0. The summed E-state index contributed by atoms with van der Waals surface area (Å²) in [4.78, 5) is 26.1. The quantitative estimate of drug-likeness (QED) is 0.791. The Labute approximate surface area is 142 Å². The predicted octanol–water partition coefficient (Wildman–Crippen LogP) is 3.74. The second-order valence-electron chi connectivity index (χ2n) is 7.52. The normalized spacial score (nSPS) is 21.5. The lowest BCUT2D eigenvalue weighted by Crippen LogP contribution is -2.44. The molecule has 0 N–H and O–H groups in total. The summed E-state index contributed by atoms with van der Waals surface area (Å²) in [5.74, 6) is 0.294. The molecule has 0 radical (unpaired) electrons. The van der Waals surface area contributed by atoms with Crippen molar-refractivity contribution in [3.8, 4) is 0 Å². The van der Waals surface area contributed by atoms with Gasteiger partial charge in [-0.1, -0.05) is 42.5 Å². The van der Waals surface area contributed by atoms with Crippen LogP contribution in [-0.2, 0) is 16.1 Å². The Kier molecular flexibility index (Phi) is 3.97. The van der Waals surface area contributed by atoms with Gasteiger partial charge in [-0.25, -0.2) is 0 Å². The Morgan fingerprint density at radius 3 is 2.29 bits per heavy atom. The van der Waals surface area contributed by atoms with Gasteiger partial charge in [0.25, 0.3) is 0 Å². The molecule has 1 aliphatic heterocycles. The predicted molar refractivity (Wildman–Crippen MR) is 94.8 cm³/mol. The topological polar surface area (TPSA) is 37.4 Å². The van der Waals surface area contributed by atoms with E-state index in [2.05, 4.69) is 47.4 Å². The van der Waals surface area contributed by atoms with Gasteiger partial charge in [0.1, 0.15) is 11.6 Å². The molecule has 3 heteroatoms.